The smallest absolute Gasteiger partial charge is 0.199 e. The molecule has 1 aliphatic heterocycles. The second-order valence-corrected chi connectivity index (χ2v) is 4.77. The number of aromatic amines is 1. The second kappa shape index (κ2) is 4.52. The predicted molar refractivity (Wildman–Crippen MR) is 63.0 cm³/mol. The molecule has 3 rings (SSSR count). The summed E-state index contributed by atoms with van der Waals surface area (Å²) in [6.07, 6.45) is 2.96. The zero-order valence-corrected chi connectivity index (χ0v) is 9.99. The van der Waals surface area contributed by atoms with Crippen LogP contribution < -0.4 is 5.32 Å². The molecule has 19 heavy (non-hydrogen) atoms. The topological polar surface area (TPSA) is 27.8 Å². The van der Waals surface area contributed by atoms with Gasteiger partial charge in [-0.1, -0.05) is 0 Å². The molecular weight excluding hydrogens is 260 g/mol. The first-order valence-corrected chi connectivity index (χ1v) is 6.15. The van der Waals surface area contributed by atoms with Gasteiger partial charge in [-0.15, -0.1) is 0 Å². The largest absolute Gasteiger partial charge is 0.358 e. The lowest BCUT2D eigenvalue weighted by Gasteiger charge is -2.22. The van der Waals surface area contributed by atoms with E-state index < -0.39 is 23.3 Å². The molecule has 2 aromatic rings. The third kappa shape index (κ3) is 1.82. The van der Waals surface area contributed by atoms with Gasteiger partial charge in [-0.2, -0.15) is 0 Å². The van der Waals surface area contributed by atoms with E-state index in [-0.39, 0.29) is 16.8 Å². The van der Waals surface area contributed by atoms with Crippen LogP contribution in [0.2, 0.25) is 0 Å². The summed E-state index contributed by atoms with van der Waals surface area (Å²) in [5, 5.41) is 3.00. The van der Waals surface area contributed by atoms with Crippen molar-refractivity contribution in [3.63, 3.8) is 0 Å². The highest BCUT2D eigenvalue weighted by molar-refractivity contribution is 5.85. The minimum atomic E-state index is -1.77. The number of benzene rings is 1. The Morgan fingerprint density at radius 1 is 0.895 bits per heavy atom. The average molecular weight is 272 g/mol. The maximum Gasteiger partial charge on any atom is 0.199 e. The third-order valence-electron chi connectivity index (χ3n) is 3.71. The zero-order chi connectivity index (χ0) is 13.6. The molecule has 1 aromatic heterocycles. The molecule has 0 aliphatic carbocycles. The minimum absolute atomic E-state index is 0.0220. The lowest BCUT2D eigenvalue weighted by molar-refractivity contribution is 0.416. The predicted octanol–water partition coefficient (Wildman–Crippen LogP) is 3.19. The number of rotatable bonds is 1. The summed E-state index contributed by atoms with van der Waals surface area (Å²) in [4.78, 5) is 2.52. The van der Waals surface area contributed by atoms with Crippen molar-refractivity contribution in [2.45, 2.75) is 18.8 Å². The van der Waals surface area contributed by atoms with Crippen molar-refractivity contribution in [3.8, 4) is 0 Å². The molecule has 0 atom stereocenters. The summed E-state index contributed by atoms with van der Waals surface area (Å²) in [6.45, 7) is 1.54. The van der Waals surface area contributed by atoms with Gasteiger partial charge < -0.3 is 10.3 Å². The van der Waals surface area contributed by atoms with Gasteiger partial charge in [-0.25, -0.2) is 17.6 Å². The molecule has 0 unspecified atom stereocenters. The Morgan fingerprint density at radius 2 is 1.53 bits per heavy atom. The molecule has 0 saturated carbocycles. The number of aromatic nitrogens is 1. The van der Waals surface area contributed by atoms with Crippen molar-refractivity contribution in [2.24, 2.45) is 0 Å². The van der Waals surface area contributed by atoms with Crippen LogP contribution in [0.5, 0.6) is 0 Å². The van der Waals surface area contributed by atoms with Crippen LogP contribution in [-0.4, -0.2) is 18.1 Å². The third-order valence-corrected chi connectivity index (χ3v) is 3.71. The van der Waals surface area contributed by atoms with Crippen LogP contribution in [0, 0.1) is 23.3 Å². The van der Waals surface area contributed by atoms with Crippen LogP contribution in [0.15, 0.2) is 6.20 Å². The maximum absolute atomic E-state index is 13.9. The van der Waals surface area contributed by atoms with Gasteiger partial charge in [0.2, 0.25) is 0 Å². The molecule has 1 aliphatic rings. The molecule has 0 spiro atoms. The van der Waals surface area contributed by atoms with Crippen LogP contribution >= 0.6 is 0 Å². The van der Waals surface area contributed by atoms with E-state index in [0.29, 0.717) is 5.56 Å². The van der Waals surface area contributed by atoms with Crippen LogP contribution in [0.3, 0.4) is 0 Å². The first kappa shape index (κ1) is 12.5. The number of halogens is 4. The van der Waals surface area contributed by atoms with Crippen molar-refractivity contribution in [1.29, 1.82) is 0 Å². The summed E-state index contributed by atoms with van der Waals surface area (Å²) in [7, 11) is 0. The Hall–Kier alpha value is -1.56. The van der Waals surface area contributed by atoms with E-state index in [4.69, 9.17) is 0 Å². The van der Waals surface area contributed by atoms with Crippen LogP contribution in [-0.2, 0) is 0 Å². The number of nitrogens with one attached hydrogen (secondary N) is 2. The molecule has 1 aromatic carbocycles. The first-order valence-electron chi connectivity index (χ1n) is 6.15. The van der Waals surface area contributed by atoms with Gasteiger partial charge in [0.05, 0.1) is 5.52 Å². The molecule has 0 amide bonds. The van der Waals surface area contributed by atoms with E-state index in [2.05, 4.69) is 10.3 Å². The van der Waals surface area contributed by atoms with Crippen LogP contribution in [0.1, 0.15) is 24.3 Å². The molecule has 1 fully saturated rings. The normalized spacial score (nSPS) is 17.3. The Morgan fingerprint density at radius 3 is 2.21 bits per heavy atom. The van der Waals surface area contributed by atoms with Crippen molar-refractivity contribution in [3.05, 3.63) is 35.0 Å². The Labute approximate surface area is 106 Å². The van der Waals surface area contributed by atoms with Gasteiger partial charge in [-0.3, -0.25) is 0 Å². The van der Waals surface area contributed by atoms with E-state index in [9.17, 15) is 17.6 Å². The van der Waals surface area contributed by atoms with Crippen molar-refractivity contribution < 1.29 is 17.6 Å². The van der Waals surface area contributed by atoms with Crippen molar-refractivity contribution >= 4 is 10.9 Å². The maximum atomic E-state index is 13.9. The highest BCUT2D eigenvalue weighted by Crippen LogP contribution is 2.35. The summed E-state index contributed by atoms with van der Waals surface area (Å²) >= 11 is 0. The molecule has 6 heteroatoms. The lowest BCUT2D eigenvalue weighted by atomic mass is 9.90. The summed E-state index contributed by atoms with van der Waals surface area (Å²) < 4.78 is 53.9. The van der Waals surface area contributed by atoms with Crippen LogP contribution in [0.25, 0.3) is 10.9 Å². The first-order chi connectivity index (χ1) is 9.11. The van der Waals surface area contributed by atoms with E-state index in [1.54, 1.807) is 0 Å². The Kier molecular flexibility index (Phi) is 2.97. The summed E-state index contributed by atoms with van der Waals surface area (Å²) in [5.74, 6) is -6.19. The minimum Gasteiger partial charge on any atom is -0.358 e. The number of fused-ring (bicyclic) bond motifs is 1. The SMILES string of the molecule is Fc1c(F)c(F)c2c(C3CCNCC3)c[nH]c2c1F. The number of hydrogen-bond acceptors (Lipinski definition) is 1. The van der Waals surface area contributed by atoms with Crippen molar-refractivity contribution in [1.82, 2.24) is 10.3 Å². The Balaban J connectivity index is 2.22. The molecule has 0 radical (unpaired) electrons. The highest BCUT2D eigenvalue weighted by atomic mass is 19.2. The number of piperidine rings is 1. The highest BCUT2D eigenvalue weighted by Gasteiger charge is 2.27. The van der Waals surface area contributed by atoms with E-state index in [1.165, 1.54) is 6.20 Å². The molecular formula is C13H12F4N2. The van der Waals surface area contributed by atoms with Crippen molar-refractivity contribution in [2.75, 3.05) is 13.1 Å². The fraction of sp³-hybridized carbons (Fsp3) is 0.385. The fourth-order valence-corrected chi connectivity index (χ4v) is 2.72. The van der Waals surface area contributed by atoms with E-state index in [1.807, 2.05) is 0 Å². The summed E-state index contributed by atoms with van der Waals surface area (Å²) in [6, 6.07) is 0. The van der Waals surface area contributed by atoms with Gasteiger partial charge in [0.25, 0.3) is 0 Å². The van der Waals surface area contributed by atoms with E-state index in [0.717, 1.165) is 25.9 Å². The second-order valence-electron chi connectivity index (χ2n) is 4.77. The molecule has 102 valence electrons. The lowest BCUT2D eigenvalue weighted by Crippen LogP contribution is -2.26. The Bertz CT molecular complexity index is 629. The monoisotopic (exact) mass is 272 g/mol. The van der Waals surface area contributed by atoms with Gasteiger partial charge in [0.1, 0.15) is 0 Å². The summed E-state index contributed by atoms with van der Waals surface area (Å²) in [5.41, 5.74) is 0.219. The number of hydrogen-bond donors (Lipinski definition) is 2. The fourth-order valence-electron chi connectivity index (χ4n) is 2.72. The van der Waals surface area contributed by atoms with Gasteiger partial charge in [0.15, 0.2) is 23.3 Å². The average Bonchev–Trinajstić information content (AvgIpc) is 2.88. The molecule has 2 nitrogen and oxygen atoms in total. The quantitative estimate of drug-likeness (QED) is 0.466. The molecule has 0 bridgehead atoms. The van der Waals surface area contributed by atoms with Crippen LogP contribution in [0.4, 0.5) is 17.6 Å². The van der Waals surface area contributed by atoms with Gasteiger partial charge in [0, 0.05) is 11.6 Å². The molecule has 1 saturated heterocycles. The van der Waals surface area contributed by atoms with Gasteiger partial charge in [-0.05, 0) is 37.4 Å². The van der Waals surface area contributed by atoms with Gasteiger partial charge >= 0.3 is 0 Å². The van der Waals surface area contributed by atoms with E-state index >= 15 is 0 Å². The standard InChI is InChI=1S/C13H12F4N2/c14-9-8-7(6-1-3-18-4-2-6)5-19-13(8)12(17)11(16)10(9)15/h5-6,18-19H,1-4H2. The zero-order valence-electron chi connectivity index (χ0n) is 9.99. The number of H-pyrrole nitrogens is 1. The molecule has 2 heterocycles. The molecule has 2 N–H and O–H groups in total.